The lowest BCUT2D eigenvalue weighted by Gasteiger charge is -2.26. The molecule has 1 heterocycles. The van der Waals surface area contributed by atoms with Crippen LogP contribution in [0.2, 0.25) is 0 Å². The summed E-state index contributed by atoms with van der Waals surface area (Å²) in [4.78, 5) is 41.9. The molecule has 0 aliphatic carbocycles. The fourth-order valence-electron chi connectivity index (χ4n) is 4.43. The van der Waals surface area contributed by atoms with Crippen molar-refractivity contribution in [2.75, 3.05) is 35.8 Å². The first-order valence-corrected chi connectivity index (χ1v) is 12.8. The Balaban J connectivity index is 1.83. The summed E-state index contributed by atoms with van der Waals surface area (Å²) in [6.45, 7) is 6.05. The summed E-state index contributed by atoms with van der Waals surface area (Å²) in [5, 5.41) is 14.1. The number of hydrogen-bond donors (Lipinski definition) is 2. The highest BCUT2D eigenvalue weighted by Gasteiger charge is 2.47. The molecule has 1 saturated heterocycles. The van der Waals surface area contributed by atoms with Crippen LogP contribution in [0.15, 0.2) is 78.4 Å². The third kappa shape index (κ3) is 5.95. The summed E-state index contributed by atoms with van der Waals surface area (Å²) in [7, 11) is 3.84. The van der Waals surface area contributed by atoms with Gasteiger partial charge in [0.15, 0.2) is 0 Å². The molecule has 4 rings (SSSR count). The second kappa shape index (κ2) is 11.4. The molecule has 202 valence electrons. The molecule has 0 radical (unpaired) electrons. The largest absolute Gasteiger partial charge is 0.507 e. The third-order valence-electron chi connectivity index (χ3n) is 6.33. The molecule has 1 aliphatic rings. The van der Waals surface area contributed by atoms with E-state index in [1.54, 1.807) is 48.5 Å². The van der Waals surface area contributed by atoms with Gasteiger partial charge in [0.2, 0.25) is 5.91 Å². The monoisotopic (exact) mass is 527 g/mol. The number of rotatable bonds is 8. The summed E-state index contributed by atoms with van der Waals surface area (Å²) >= 11 is 0. The molecule has 8 nitrogen and oxygen atoms in total. The lowest BCUT2D eigenvalue weighted by molar-refractivity contribution is -0.132. The zero-order chi connectivity index (χ0) is 28.3. The number of anilines is 3. The Hall–Kier alpha value is -4.59. The van der Waals surface area contributed by atoms with Crippen molar-refractivity contribution >= 4 is 40.4 Å². The maximum Gasteiger partial charge on any atom is 0.300 e. The van der Waals surface area contributed by atoms with E-state index in [4.69, 9.17) is 4.74 Å². The predicted octanol–water partition coefficient (Wildman–Crippen LogP) is 5.37. The predicted molar refractivity (Wildman–Crippen MR) is 153 cm³/mol. The molecule has 39 heavy (non-hydrogen) atoms. The Morgan fingerprint density at radius 1 is 1.03 bits per heavy atom. The number of carbonyl (C=O) groups excluding carboxylic acids is 3. The first kappa shape index (κ1) is 27.4. The molecule has 0 spiro atoms. The lowest BCUT2D eigenvalue weighted by Crippen LogP contribution is -2.29. The Bertz CT molecular complexity index is 1410. The number of nitrogens with one attached hydrogen (secondary N) is 1. The molecule has 1 fully saturated rings. The molecule has 3 aromatic carbocycles. The summed E-state index contributed by atoms with van der Waals surface area (Å²) in [6, 6.07) is 20.1. The van der Waals surface area contributed by atoms with Gasteiger partial charge in [-0.2, -0.15) is 0 Å². The van der Waals surface area contributed by atoms with Gasteiger partial charge >= 0.3 is 0 Å². The number of ether oxygens (including phenoxy) is 1. The molecule has 0 bridgehead atoms. The number of amides is 2. The van der Waals surface area contributed by atoms with E-state index >= 15 is 0 Å². The van der Waals surface area contributed by atoms with Crippen LogP contribution in [-0.4, -0.2) is 43.4 Å². The fraction of sp³-hybridized carbons (Fsp3) is 0.258. The van der Waals surface area contributed by atoms with E-state index in [9.17, 15) is 19.5 Å². The number of ketones is 1. The quantitative estimate of drug-likeness (QED) is 0.232. The molecule has 2 N–H and O–H groups in total. The maximum absolute atomic E-state index is 13.5. The van der Waals surface area contributed by atoms with Crippen LogP contribution in [0.1, 0.15) is 37.9 Å². The van der Waals surface area contributed by atoms with Crippen LogP contribution >= 0.6 is 0 Å². The van der Waals surface area contributed by atoms with Crippen molar-refractivity contribution in [1.82, 2.24) is 0 Å². The second-order valence-electron chi connectivity index (χ2n) is 10.1. The number of nitrogens with zero attached hydrogens (tertiary/aromatic N) is 2. The fourth-order valence-corrected chi connectivity index (χ4v) is 4.43. The van der Waals surface area contributed by atoms with Gasteiger partial charge in [-0.15, -0.1) is 0 Å². The second-order valence-corrected chi connectivity index (χ2v) is 10.1. The number of Topliss-reactive ketones (excluding diaryl/α,β-unsaturated/α-hetero) is 1. The lowest BCUT2D eigenvalue weighted by atomic mass is 9.95. The van der Waals surface area contributed by atoms with E-state index in [1.165, 1.54) is 11.8 Å². The topological polar surface area (TPSA) is 99.2 Å². The van der Waals surface area contributed by atoms with E-state index in [-0.39, 0.29) is 17.2 Å². The van der Waals surface area contributed by atoms with Crippen molar-refractivity contribution < 1.29 is 24.2 Å². The van der Waals surface area contributed by atoms with Gasteiger partial charge in [-0.25, -0.2) is 0 Å². The Kier molecular flexibility index (Phi) is 8.04. The van der Waals surface area contributed by atoms with Gasteiger partial charge < -0.3 is 20.1 Å². The molecule has 3 aromatic rings. The minimum Gasteiger partial charge on any atom is -0.507 e. The number of hydrogen-bond acceptors (Lipinski definition) is 6. The number of benzene rings is 3. The van der Waals surface area contributed by atoms with Crippen molar-refractivity contribution in [3.63, 3.8) is 0 Å². The minimum absolute atomic E-state index is 0.0154. The first-order valence-electron chi connectivity index (χ1n) is 12.8. The number of aliphatic hydroxyl groups excluding tert-OH is 1. The molecule has 0 aromatic heterocycles. The van der Waals surface area contributed by atoms with Crippen molar-refractivity contribution in [2.24, 2.45) is 5.92 Å². The SMILES string of the molecule is CC(=O)Nc1cccc(N2C(=O)C(=O)/C(=C(/O)c3ccc(OCC(C)C)cc3)C2c2ccc(N(C)C)cc2)c1. The highest BCUT2D eigenvalue weighted by molar-refractivity contribution is 6.51. The average molecular weight is 528 g/mol. The Labute approximate surface area is 228 Å². The van der Waals surface area contributed by atoms with Gasteiger partial charge in [0.25, 0.3) is 11.7 Å². The van der Waals surface area contributed by atoms with E-state index < -0.39 is 17.7 Å². The highest BCUT2D eigenvalue weighted by Crippen LogP contribution is 2.43. The van der Waals surface area contributed by atoms with Crippen LogP contribution in [-0.2, 0) is 14.4 Å². The Morgan fingerprint density at radius 3 is 2.28 bits per heavy atom. The summed E-state index contributed by atoms with van der Waals surface area (Å²) < 4.78 is 5.74. The average Bonchev–Trinajstić information content (AvgIpc) is 3.17. The normalized spacial score (nSPS) is 16.5. The summed E-state index contributed by atoms with van der Waals surface area (Å²) in [5.74, 6) is -1.09. The molecule has 0 saturated carbocycles. The van der Waals surface area contributed by atoms with E-state index in [0.717, 1.165) is 5.69 Å². The van der Waals surface area contributed by atoms with Crippen molar-refractivity contribution in [3.05, 3.63) is 89.5 Å². The molecule has 1 unspecified atom stereocenters. The van der Waals surface area contributed by atoms with Crippen molar-refractivity contribution in [2.45, 2.75) is 26.8 Å². The van der Waals surface area contributed by atoms with Gasteiger partial charge in [-0.05, 0) is 66.1 Å². The van der Waals surface area contributed by atoms with Gasteiger partial charge in [-0.1, -0.05) is 32.0 Å². The van der Waals surface area contributed by atoms with Crippen molar-refractivity contribution in [3.8, 4) is 5.75 Å². The molecule has 2 amide bonds. The number of aliphatic hydroxyl groups is 1. The zero-order valence-corrected chi connectivity index (χ0v) is 22.8. The standard InChI is InChI=1S/C31H33N3O5/c1-19(2)18-39-26-15-11-22(12-16-26)29(36)27-28(21-9-13-24(14-10-21)33(4)5)34(31(38)30(27)37)25-8-6-7-23(17-25)32-20(3)35/h6-17,19,28,36H,18H2,1-5H3,(H,32,35)/b29-27+. The van der Waals surface area contributed by atoms with E-state index in [0.29, 0.717) is 40.8 Å². The van der Waals surface area contributed by atoms with E-state index in [1.807, 2.05) is 43.3 Å². The molecular weight excluding hydrogens is 494 g/mol. The van der Waals surface area contributed by atoms with Gasteiger partial charge in [0.05, 0.1) is 18.2 Å². The van der Waals surface area contributed by atoms with Crippen molar-refractivity contribution in [1.29, 1.82) is 0 Å². The van der Waals surface area contributed by atoms with Crippen LogP contribution in [0.3, 0.4) is 0 Å². The Morgan fingerprint density at radius 2 is 1.69 bits per heavy atom. The van der Waals surface area contributed by atoms with Crippen LogP contribution in [0, 0.1) is 5.92 Å². The van der Waals surface area contributed by atoms with Crippen LogP contribution in [0.4, 0.5) is 17.1 Å². The highest BCUT2D eigenvalue weighted by atomic mass is 16.5. The van der Waals surface area contributed by atoms with E-state index in [2.05, 4.69) is 19.2 Å². The molecular formula is C31H33N3O5. The van der Waals surface area contributed by atoms with Crippen LogP contribution < -0.4 is 19.9 Å². The molecule has 8 heteroatoms. The molecule has 1 aliphatic heterocycles. The van der Waals surface area contributed by atoms with Crippen LogP contribution in [0.5, 0.6) is 5.75 Å². The third-order valence-corrected chi connectivity index (χ3v) is 6.33. The smallest absolute Gasteiger partial charge is 0.300 e. The number of carbonyl (C=O) groups is 3. The molecule has 1 atom stereocenters. The van der Waals surface area contributed by atoms with Gasteiger partial charge in [0.1, 0.15) is 11.5 Å². The minimum atomic E-state index is -0.884. The summed E-state index contributed by atoms with van der Waals surface area (Å²) in [6.07, 6.45) is 0. The summed E-state index contributed by atoms with van der Waals surface area (Å²) in [5.41, 5.74) is 2.89. The zero-order valence-electron chi connectivity index (χ0n) is 22.8. The van der Waals surface area contributed by atoms with Gasteiger partial charge in [0, 0.05) is 43.6 Å². The van der Waals surface area contributed by atoms with Gasteiger partial charge in [-0.3, -0.25) is 19.3 Å². The first-order chi connectivity index (χ1) is 18.6. The van der Waals surface area contributed by atoms with Crippen LogP contribution in [0.25, 0.3) is 5.76 Å². The maximum atomic E-state index is 13.5.